The monoisotopic (exact) mass is 221 g/mol. The Balaban J connectivity index is 2.35. The molecule has 0 aromatic heterocycles. The molecular formula is C11H21F2NO. The van der Waals surface area contributed by atoms with E-state index in [2.05, 4.69) is 5.32 Å². The Bertz CT molecular complexity index is 177. The van der Waals surface area contributed by atoms with E-state index in [0.29, 0.717) is 32.0 Å². The third kappa shape index (κ3) is 4.03. The van der Waals surface area contributed by atoms with Crippen LogP contribution in [0.15, 0.2) is 0 Å². The molecule has 0 saturated heterocycles. The van der Waals surface area contributed by atoms with Crippen LogP contribution in [-0.4, -0.2) is 32.2 Å². The first-order valence-electron chi connectivity index (χ1n) is 5.72. The molecule has 0 amide bonds. The minimum absolute atomic E-state index is 0.0297. The van der Waals surface area contributed by atoms with Crippen molar-refractivity contribution in [1.29, 1.82) is 0 Å². The van der Waals surface area contributed by atoms with E-state index >= 15 is 0 Å². The van der Waals surface area contributed by atoms with Gasteiger partial charge in [-0.15, -0.1) is 0 Å². The molecular weight excluding hydrogens is 200 g/mol. The van der Waals surface area contributed by atoms with Crippen LogP contribution in [0.25, 0.3) is 0 Å². The number of alkyl halides is 2. The van der Waals surface area contributed by atoms with Gasteiger partial charge in [-0.3, -0.25) is 0 Å². The van der Waals surface area contributed by atoms with Gasteiger partial charge in [0.15, 0.2) is 0 Å². The Labute approximate surface area is 90.4 Å². The standard InChI is InChI=1S/C11H21F2NO/c1-3-15-8-10(14-2)9-4-6-11(12,13)7-5-9/h9-10,14H,3-8H2,1-2H3. The summed E-state index contributed by atoms with van der Waals surface area (Å²) >= 11 is 0. The first-order valence-corrected chi connectivity index (χ1v) is 5.72. The predicted molar refractivity (Wildman–Crippen MR) is 56.2 cm³/mol. The highest BCUT2D eigenvalue weighted by Crippen LogP contribution is 2.37. The van der Waals surface area contributed by atoms with Crippen molar-refractivity contribution in [3.05, 3.63) is 0 Å². The van der Waals surface area contributed by atoms with E-state index in [1.54, 1.807) is 0 Å². The van der Waals surface area contributed by atoms with E-state index in [9.17, 15) is 8.78 Å². The van der Waals surface area contributed by atoms with Crippen molar-refractivity contribution in [3.63, 3.8) is 0 Å². The Hall–Kier alpha value is -0.220. The fraction of sp³-hybridized carbons (Fsp3) is 1.00. The van der Waals surface area contributed by atoms with Crippen LogP contribution >= 0.6 is 0 Å². The largest absolute Gasteiger partial charge is 0.380 e. The Kier molecular flexibility index (Phi) is 4.93. The molecule has 4 heteroatoms. The fourth-order valence-corrected chi connectivity index (χ4v) is 2.16. The van der Waals surface area contributed by atoms with Gasteiger partial charge < -0.3 is 10.1 Å². The molecule has 1 saturated carbocycles. The SMILES string of the molecule is CCOCC(NC)C1CCC(F)(F)CC1. The van der Waals surface area contributed by atoms with E-state index in [-0.39, 0.29) is 18.9 Å². The van der Waals surface area contributed by atoms with Crippen molar-refractivity contribution in [2.24, 2.45) is 5.92 Å². The predicted octanol–water partition coefficient (Wildman–Crippen LogP) is 2.44. The molecule has 1 N–H and O–H groups in total. The molecule has 0 aromatic carbocycles. The lowest BCUT2D eigenvalue weighted by atomic mass is 9.82. The normalized spacial score (nSPS) is 24.0. The van der Waals surface area contributed by atoms with Gasteiger partial charge >= 0.3 is 0 Å². The van der Waals surface area contributed by atoms with Crippen LogP contribution < -0.4 is 5.32 Å². The van der Waals surface area contributed by atoms with Gasteiger partial charge in [0.05, 0.1) is 6.61 Å². The lowest BCUT2D eigenvalue weighted by molar-refractivity contribution is -0.0529. The van der Waals surface area contributed by atoms with Gasteiger partial charge in [-0.2, -0.15) is 0 Å². The lowest BCUT2D eigenvalue weighted by Crippen LogP contribution is -2.41. The van der Waals surface area contributed by atoms with Crippen molar-refractivity contribution in [2.45, 2.75) is 44.6 Å². The number of likely N-dealkylation sites (N-methyl/N-ethyl adjacent to an activating group) is 1. The summed E-state index contributed by atoms with van der Waals surface area (Å²) in [6.07, 6.45) is 1.26. The summed E-state index contributed by atoms with van der Waals surface area (Å²) in [4.78, 5) is 0. The summed E-state index contributed by atoms with van der Waals surface area (Å²) in [7, 11) is 1.87. The molecule has 1 aliphatic rings. The second-order valence-electron chi connectivity index (χ2n) is 4.25. The minimum Gasteiger partial charge on any atom is -0.380 e. The summed E-state index contributed by atoms with van der Waals surface area (Å²) in [5, 5.41) is 3.16. The van der Waals surface area contributed by atoms with Crippen molar-refractivity contribution in [2.75, 3.05) is 20.3 Å². The second kappa shape index (κ2) is 5.75. The van der Waals surface area contributed by atoms with Gasteiger partial charge in [-0.1, -0.05) is 0 Å². The lowest BCUT2D eigenvalue weighted by Gasteiger charge is -2.33. The second-order valence-corrected chi connectivity index (χ2v) is 4.25. The molecule has 1 rings (SSSR count). The highest BCUT2D eigenvalue weighted by atomic mass is 19.3. The number of halogens is 2. The summed E-state index contributed by atoms with van der Waals surface area (Å²) in [5.41, 5.74) is 0. The van der Waals surface area contributed by atoms with Gasteiger partial charge in [0.25, 0.3) is 0 Å². The van der Waals surface area contributed by atoms with Crippen LogP contribution in [0.3, 0.4) is 0 Å². The molecule has 90 valence electrons. The third-order valence-corrected chi connectivity index (χ3v) is 3.20. The molecule has 0 heterocycles. The maximum atomic E-state index is 12.9. The third-order valence-electron chi connectivity index (χ3n) is 3.20. The number of hydrogen-bond donors (Lipinski definition) is 1. The highest BCUT2D eigenvalue weighted by Gasteiger charge is 2.37. The maximum absolute atomic E-state index is 12.9. The van der Waals surface area contributed by atoms with Crippen molar-refractivity contribution < 1.29 is 13.5 Å². The van der Waals surface area contributed by atoms with Crippen molar-refractivity contribution >= 4 is 0 Å². The molecule has 1 atom stereocenters. The van der Waals surface area contributed by atoms with Gasteiger partial charge in [-0.05, 0) is 32.7 Å². The maximum Gasteiger partial charge on any atom is 0.248 e. The molecule has 0 aliphatic heterocycles. The zero-order valence-corrected chi connectivity index (χ0v) is 9.56. The molecule has 0 aromatic rings. The van der Waals surface area contributed by atoms with E-state index in [1.165, 1.54) is 0 Å². The van der Waals surface area contributed by atoms with Gasteiger partial charge in [0.2, 0.25) is 5.92 Å². The quantitative estimate of drug-likeness (QED) is 0.770. The van der Waals surface area contributed by atoms with Crippen molar-refractivity contribution in [1.82, 2.24) is 5.32 Å². The van der Waals surface area contributed by atoms with Crippen LogP contribution in [0.4, 0.5) is 8.78 Å². The topological polar surface area (TPSA) is 21.3 Å². The summed E-state index contributed by atoms with van der Waals surface area (Å²) in [6.45, 7) is 3.26. The molecule has 1 aliphatic carbocycles. The minimum atomic E-state index is -2.43. The highest BCUT2D eigenvalue weighted by molar-refractivity contribution is 4.84. The number of rotatable bonds is 5. The van der Waals surface area contributed by atoms with Gasteiger partial charge in [0.1, 0.15) is 0 Å². The number of hydrogen-bond acceptors (Lipinski definition) is 2. The molecule has 0 bridgehead atoms. The number of ether oxygens (including phenoxy) is 1. The molecule has 0 radical (unpaired) electrons. The van der Waals surface area contributed by atoms with Gasteiger partial charge in [-0.25, -0.2) is 8.78 Å². The van der Waals surface area contributed by atoms with E-state index in [0.717, 1.165) is 0 Å². The van der Waals surface area contributed by atoms with E-state index in [4.69, 9.17) is 4.74 Å². The molecule has 2 nitrogen and oxygen atoms in total. The first kappa shape index (κ1) is 12.8. The Morgan fingerprint density at radius 2 is 2.00 bits per heavy atom. The smallest absolute Gasteiger partial charge is 0.248 e. The average Bonchev–Trinajstić information content (AvgIpc) is 2.21. The zero-order valence-electron chi connectivity index (χ0n) is 9.56. The number of nitrogens with one attached hydrogen (secondary N) is 1. The fourth-order valence-electron chi connectivity index (χ4n) is 2.16. The van der Waals surface area contributed by atoms with Crippen LogP contribution in [0, 0.1) is 5.92 Å². The Morgan fingerprint density at radius 1 is 1.40 bits per heavy atom. The van der Waals surface area contributed by atoms with Crippen molar-refractivity contribution in [3.8, 4) is 0 Å². The molecule has 0 spiro atoms. The zero-order chi connectivity index (χ0) is 11.3. The first-order chi connectivity index (χ1) is 7.09. The van der Waals surface area contributed by atoms with E-state index in [1.807, 2.05) is 14.0 Å². The Morgan fingerprint density at radius 3 is 2.47 bits per heavy atom. The summed E-state index contributed by atoms with van der Waals surface area (Å²) in [5.74, 6) is -2.10. The summed E-state index contributed by atoms with van der Waals surface area (Å²) in [6, 6.07) is 0.223. The van der Waals surface area contributed by atoms with Crippen LogP contribution in [0.2, 0.25) is 0 Å². The molecule has 15 heavy (non-hydrogen) atoms. The summed E-state index contributed by atoms with van der Waals surface area (Å²) < 4.78 is 31.2. The average molecular weight is 221 g/mol. The van der Waals surface area contributed by atoms with Crippen LogP contribution in [0.1, 0.15) is 32.6 Å². The molecule has 1 fully saturated rings. The van der Waals surface area contributed by atoms with Crippen LogP contribution in [0.5, 0.6) is 0 Å². The van der Waals surface area contributed by atoms with E-state index < -0.39 is 5.92 Å². The van der Waals surface area contributed by atoms with Crippen LogP contribution in [-0.2, 0) is 4.74 Å². The molecule has 1 unspecified atom stereocenters. The van der Waals surface area contributed by atoms with Gasteiger partial charge in [0, 0.05) is 25.5 Å².